The van der Waals surface area contributed by atoms with Crippen LogP contribution in [0, 0.1) is 0 Å². The topological polar surface area (TPSA) is 0 Å². The van der Waals surface area contributed by atoms with Crippen molar-refractivity contribution in [3.63, 3.8) is 0 Å². The van der Waals surface area contributed by atoms with Gasteiger partial charge in [-0.15, -0.1) is 0 Å². The molecule has 0 bridgehead atoms. The molecule has 2 heteroatoms. The van der Waals surface area contributed by atoms with Crippen LogP contribution in [0.3, 0.4) is 0 Å². The van der Waals surface area contributed by atoms with E-state index in [0.29, 0.717) is 0 Å². The van der Waals surface area contributed by atoms with Gasteiger partial charge in [-0.2, -0.15) is 0 Å². The van der Waals surface area contributed by atoms with E-state index in [4.69, 9.17) is 0 Å². The molecule has 0 aromatic heterocycles. The standard InChI is InChI=1S/C6H5BrSe/c7-4-1-2-5-6(3-4)8-5/h1-3,5-6H. The molecule has 0 spiro atoms. The van der Waals surface area contributed by atoms with E-state index in [2.05, 4.69) is 34.2 Å². The van der Waals surface area contributed by atoms with Crippen LogP contribution in [-0.2, 0) is 0 Å². The van der Waals surface area contributed by atoms with Gasteiger partial charge in [-0.3, -0.25) is 0 Å². The van der Waals surface area contributed by atoms with Crippen LogP contribution < -0.4 is 0 Å². The fourth-order valence-corrected chi connectivity index (χ4v) is 3.41. The fraction of sp³-hybridized carbons (Fsp3) is 0.333. The Kier molecular flexibility index (Phi) is 1.14. The van der Waals surface area contributed by atoms with Gasteiger partial charge in [-0.1, -0.05) is 0 Å². The van der Waals surface area contributed by atoms with Gasteiger partial charge < -0.3 is 0 Å². The molecule has 0 saturated carbocycles. The molecule has 8 heavy (non-hydrogen) atoms. The van der Waals surface area contributed by atoms with Crippen LogP contribution in [0.1, 0.15) is 0 Å². The summed E-state index contributed by atoms with van der Waals surface area (Å²) in [5, 5.41) is 0. The van der Waals surface area contributed by atoms with Crippen LogP contribution >= 0.6 is 15.9 Å². The summed E-state index contributed by atoms with van der Waals surface area (Å²) >= 11 is 4.35. The van der Waals surface area contributed by atoms with Crippen LogP contribution in [0.15, 0.2) is 22.7 Å². The van der Waals surface area contributed by atoms with Gasteiger partial charge in [-0.25, -0.2) is 0 Å². The van der Waals surface area contributed by atoms with Crippen molar-refractivity contribution in [1.82, 2.24) is 0 Å². The van der Waals surface area contributed by atoms with Crippen LogP contribution in [0.5, 0.6) is 0 Å². The van der Waals surface area contributed by atoms with Gasteiger partial charge in [0.2, 0.25) is 0 Å². The van der Waals surface area contributed by atoms with E-state index in [0.717, 1.165) is 24.6 Å². The van der Waals surface area contributed by atoms with Gasteiger partial charge in [0.05, 0.1) is 0 Å². The SMILES string of the molecule is BrC1=CC2[Se]C2C=C1. The predicted molar refractivity (Wildman–Crippen MR) is 39.4 cm³/mol. The fourth-order valence-electron chi connectivity index (χ4n) is 0.824. The molecule has 0 aromatic rings. The van der Waals surface area contributed by atoms with Crippen molar-refractivity contribution in [1.29, 1.82) is 0 Å². The molecular formula is C6H5BrSe. The van der Waals surface area contributed by atoms with Gasteiger partial charge in [-0.05, 0) is 0 Å². The number of allylic oxidation sites excluding steroid dienone is 4. The Morgan fingerprint density at radius 2 is 2.38 bits per heavy atom. The molecule has 0 amide bonds. The van der Waals surface area contributed by atoms with Crippen LogP contribution in [0.25, 0.3) is 0 Å². The van der Waals surface area contributed by atoms with Crippen molar-refractivity contribution in [3.8, 4) is 0 Å². The third-order valence-electron chi connectivity index (χ3n) is 1.33. The third-order valence-corrected chi connectivity index (χ3v) is 4.36. The molecule has 1 aliphatic heterocycles. The van der Waals surface area contributed by atoms with E-state index in [1.165, 1.54) is 4.48 Å². The van der Waals surface area contributed by atoms with Gasteiger partial charge in [0.15, 0.2) is 0 Å². The molecule has 0 N–H and O–H groups in total. The van der Waals surface area contributed by atoms with Crippen molar-refractivity contribution in [2.75, 3.05) is 0 Å². The van der Waals surface area contributed by atoms with Crippen molar-refractivity contribution in [2.24, 2.45) is 0 Å². The van der Waals surface area contributed by atoms with Crippen molar-refractivity contribution in [3.05, 3.63) is 22.7 Å². The molecule has 2 atom stereocenters. The zero-order chi connectivity index (χ0) is 5.56. The first-order valence-electron chi connectivity index (χ1n) is 2.57. The van der Waals surface area contributed by atoms with Crippen LogP contribution in [0.2, 0.25) is 9.63 Å². The molecule has 42 valence electrons. The summed E-state index contributed by atoms with van der Waals surface area (Å²) in [6.07, 6.45) is 6.80. The molecule has 1 aliphatic carbocycles. The zero-order valence-electron chi connectivity index (χ0n) is 4.17. The van der Waals surface area contributed by atoms with E-state index >= 15 is 0 Å². The van der Waals surface area contributed by atoms with E-state index in [9.17, 15) is 0 Å². The maximum absolute atomic E-state index is 3.44. The molecule has 2 unspecified atom stereocenters. The Bertz CT molecular complexity index is 171. The van der Waals surface area contributed by atoms with Crippen LogP contribution in [0.4, 0.5) is 0 Å². The number of halogens is 1. The second kappa shape index (κ2) is 1.73. The Balaban J connectivity index is 2.28. The molecule has 1 fully saturated rings. The third kappa shape index (κ3) is 0.812. The molecule has 2 rings (SSSR count). The second-order valence-corrected chi connectivity index (χ2v) is 5.75. The summed E-state index contributed by atoms with van der Waals surface area (Å²) in [5.41, 5.74) is 0. The number of rotatable bonds is 0. The first-order chi connectivity index (χ1) is 3.86. The van der Waals surface area contributed by atoms with Crippen molar-refractivity contribution in [2.45, 2.75) is 9.63 Å². The summed E-state index contributed by atoms with van der Waals surface area (Å²) in [4.78, 5) is 1.91. The molecule has 2 aliphatic rings. The minimum absolute atomic E-state index is 0.909. The average Bonchev–Trinajstić information content (AvgIpc) is 2.43. The Hall–Kier alpha value is 0.479. The number of fused-ring (bicyclic) bond motifs is 1. The Morgan fingerprint density at radius 1 is 1.50 bits per heavy atom. The molecule has 1 heterocycles. The predicted octanol–water partition coefficient (Wildman–Crippen LogP) is 2.13. The Morgan fingerprint density at radius 3 is 3.00 bits per heavy atom. The molecule has 0 aromatic carbocycles. The minimum atomic E-state index is 0.909. The summed E-state index contributed by atoms with van der Waals surface area (Å²) in [6.45, 7) is 0. The van der Waals surface area contributed by atoms with E-state index < -0.39 is 0 Å². The van der Waals surface area contributed by atoms with Gasteiger partial charge in [0, 0.05) is 0 Å². The van der Waals surface area contributed by atoms with Gasteiger partial charge >= 0.3 is 63.2 Å². The zero-order valence-corrected chi connectivity index (χ0v) is 7.47. The number of hydrogen-bond acceptors (Lipinski definition) is 0. The Labute approximate surface area is 63.3 Å². The summed E-state index contributed by atoms with van der Waals surface area (Å²) in [5.74, 6) is 0. The molecule has 0 nitrogen and oxygen atoms in total. The van der Waals surface area contributed by atoms with E-state index in [-0.39, 0.29) is 0 Å². The normalized spacial score (nSPS) is 40.9. The summed E-state index contributed by atoms with van der Waals surface area (Å²) in [7, 11) is 0. The quantitative estimate of drug-likeness (QED) is 0.565. The molecule has 1 saturated heterocycles. The first-order valence-corrected chi connectivity index (χ1v) is 5.34. The monoisotopic (exact) mass is 236 g/mol. The first kappa shape index (κ1) is 5.28. The average molecular weight is 236 g/mol. The summed E-state index contributed by atoms with van der Waals surface area (Å²) < 4.78 is 1.28. The maximum atomic E-state index is 3.44. The van der Waals surface area contributed by atoms with Crippen molar-refractivity contribution >= 4 is 30.9 Å². The second-order valence-electron chi connectivity index (χ2n) is 1.98. The molecular weight excluding hydrogens is 231 g/mol. The van der Waals surface area contributed by atoms with E-state index in [1.807, 2.05) is 0 Å². The van der Waals surface area contributed by atoms with Crippen LogP contribution in [-0.4, -0.2) is 15.0 Å². The van der Waals surface area contributed by atoms with Crippen molar-refractivity contribution < 1.29 is 0 Å². The number of hydrogen-bond donors (Lipinski definition) is 0. The molecule has 0 radical (unpaired) electrons. The van der Waals surface area contributed by atoms with Gasteiger partial charge in [0.25, 0.3) is 0 Å². The van der Waals surface area contributed by atoms with E-state index in [1.54, 1.807) is 0 Å². The summed E-state index contributed by atoms with van der Waals surface area (Å²) in [6, 6.07) is 0. The van der Waals surface area contributed by atoms with Gasteiger partial charge in [0.1, 0.15) is 0 Å².